The maximum absolute atomic E-state index is 13.2. The smallest absolute Gasteiger partial charge is 0.278 e. The fraction of sp³-hybridized carbons (Fsp3) is 0.160. The molecule has 1 N–H and O–H groups in total. The molecule has 1 heterocycles. The number of amides is 2. The second kappa shape index (κ2) is 8.44. The molecule has 0 radical (unpaired) electrons. The monoisotopic (exact) mass is 413 g/mol. The molecule has 156 valence electrons. The van der Waals surface area contributed by atoms with E-state index in [4.69, 9.17) is 4.74 Å². The number of nitrogens with zero attached hydrogens (tertiary/aromatic N) is 2. The van der Waals surface area contributed by atoms with Crippen LogP contribution in [0.25, 0.3) is 0 Å². The second-order valence-electron chi connectivity index (χ2n) is 7.44. The van der Waals surface area contributed by atoms with Gasteiger partial charge >= 0.3 is 0 Å². The summed E-state index contributed by atoms with van der Waals surface area (Å²) in [5, 5.41) is 2.82. The lowest BCUT2D eigenvalue weighted by Gasteiger charge is -2.16. The summed E-state index contributed by atoms with van der Waals surface area (Å²) >= 11 is 0. The van der Waals surface area contributed by atoms with E-state index in [2.05, 4.69) is 10.3 Å². The zero-order valence-electron chi connectivity index (χ0n) is 17.7. The molecule has 0 bridgehead atoms. The van der Waals surface area contributed by atoms with E-state index in [-0.39, 0.29) is 18.4 Å². The molecule has 0 aliphatic carbocycles. The Bertz CT molecular complexity index is 1200. The first-order valence-corrected chi connectivity index (χ1v) is 9.97. The van der Waals surface area contributed by atoms with Gasteiger partial charge in [0.2, 0.25) is 5.91 Å². The van der Waals surface area contributed by atoms with E-state index in [0.717, 1.165) is 22.4 Å². The molecule has 0 fully saturated rings. The molecule has 3 aromatic carbocycles. The van der Waals surface area contributed by atoms with Crippen molar-refractivity contribution in [2.75, 3.05) is 23.9 Å². The Morgan fingerprint density at radius 2 is 1.84 bits per heavy atom. The van der Waals surface area contributed by atoms with E-state index in [9.17, 15) is 9.59 Å². The predicted octanol–water partition coefficient (Wildman–Crippen LogP) is 4.42. The maximum Gasteiger partial charge on any atom is 0.278 e. The van der Waals surface area contributed by atoms with Crippen LogP contribution in [0, 0.1) is 13.8 Å². The Kier molecular flexibility index (Phi) is 5.54. The van der Waals surface area contributed by atoms with Gasteiger partial charge in [0.15, 0.2) is 0 Å². The summed E-state index contributed by atoms with van der Waals surface area (Å²) in [6.07, 6.45) is 0. The van der Waals surface area contributed by atoms with E-state index >= 15 is 0 Å². The molecule has 0 atom stereocenters. The van der Waals surface area contributed by atoms with Crippen molar-refractivity contribution >= 4 is 34.6 Å². The second-order valence-corrected chi connectivity index (χ2v) is 7.44. The van der Waals surface area contributed by atoms with Gasteiger partial charge < -0.3 is 10.1 Å². The number of hydrogen-bond acceptors (Lipinski definition) is 4. The van der Waals surface area contributed by atoms with Gasteiger partial charge in [-0.2, -0.15) is 0 Å². The van der Waals surface area contributed by atoms with Gasteiger partial charge in [-0.1, -0.05) is 36.4 Å². The Balaban J connectivity index is 1.62. The van der Waals surface area contributed by atoms with Crippen LogP contribution in [-0.2, 0) is 9.59 Å². The van der Waals surface area contributed by atoms with Crippen LogP contribution in [0.3, 0.4) is 0 Å². The van der Waals surface area contributed by atoms with Crippen LogP contribution in [0.4, 0.5) is 17.1 Å². The topological polar surface area (TPSA) is 71.0 Å². The summed E-state index contributed by atoms with van der Waals surface area (Å²) in [6, 6.07) is 20.4. The molecule has 2 amide bonds. The molecule has 3 aromatic rings. The molecule has 4 rings (SSSR count). The Morgan fingerprint density at radius 1 is 1.03 bits per heavy atom. The van der Waals surface area contributed by atoms with Gasteiger partial charge in [-0.3, -0.25) is 14.5 Å². The zero-order chi connectivity index (χ0) is 22.0. The number of rotatable bonds is 5. The highest BCUT2D eigenvalue weighted by atomic mass is 16.5. The first-order chi connectivity index (χ1) is 15.0. The number of carbonyl (C=O) groups excluding carboxylic acids is 2. The normalized spacial score (nSPS) is 14.0. The van der Waals surface area contributed by atoms with Crippen molar-refractivity contribution in [3.05, 3.63) is 83.4 Å². The van der Waals surface area contributed by atoms with Crippen molar-refractivity contribution in [2.24, 2.45) is 4.99 Å². The lowest BCUT2D eigenvalue weighted by Crippen LogP contribution is -2.37. The van der Waals surface area contributed by atoms with E-state index < -0.39 is 0 Å². The number of benzene rings is 3. The molecule has 0 saturated heterocycles. The molecular weight excluding hydrogens is 390 g/mol. The highest BCUT2D eigenvalue weighted by molar-refractivity contribution is 6.55. The fourth-order valence-electron chi connectivity index (χ4n) is 3.53. The number of aryl methyl sites for hydroxylation is 2. The molecule has 1 aliphatic heterocycles. The number of methoxy groups -OCH3 is 1. The van der Waals surface area contributed by atoms with E-state index in [1.807, 2.05) is 56.3 Å². The van der Waals surface area contributed by atoms with Crippen LogP contribution in [0.1, 0.15) is 16.7 Å². The predicted molar refractivity (Wildman–Crippen MR) is 123 cm³/mol. The van der Waals surface area contributed by atoms with Crippen molar-refractivity contribution < 1.29 is 14.3 Å². The van der Waals surface area contributed by atoms with Crippen molar-refractivity contribution in [3.63, 3.8) is 0 Å². The summed E-state index contributed by atoms with van der Waals surface area (Å²) in [4.78, 5) is 32.1. The van der Waals surface area contributed by atoms with Crippen molar-refractivity contribution in [1.29, 1.82) is 0 Å². The van der Waals surface area contributed by atoms with E-state index in [0.29, 0.717) is 22.8 Å². The summed E-state index contributed by atoms with van der Waals surface area (Å²) < 4.78 is 5.19. The minimum absolute atomic E-state index is 0.112. The summed E-state index contributed by atoms with van der Waals surface area (Å²) in [6.45, 7) is 3.84. The summed E-state index contributed by atoms with van der Waals surface area (Å²) in [7, 11) is 1.57. The van der Waals surface area contributed by atoms with Gasteiger partial charge in [-0.25, -0.2) is 4.99 Å². The third-order valence-electron chi connectivity index (χ3n) is 5.15. The number of nitrogens with one attached hydrogen (secondary N) is 1. The zero-order valence-corrected chi connectivity index (χ0v) is 17.7. The number of fused-ring (bicyclic) bond motifs is 1. The van der Waals surface area contributed by atoms with Crippen molar-refractivity contribution in [2.45, 2.75) is 13.8 Å². The van der Waals surface area contributed by atoms with Gasteiger partial charge in [0.25, 0.3) is 5.91 Å². The average molecular weight is 413 g/mol. The molecule has 0 saturated carbocycles. The lowest BCUT2D eigenvalue weighted by molar-refractivity contribution is -0.118. The number of aliphatic imine (C=N–C) groups is 1. The van der Waals surface area contributed by atoms with Crippen LogP contribution < -0.4 is 15.0 Å². The van der Waals surface area contributed by atoms with Crippen molar-refractivity contribution in [1.82, 2.24) is 0 Å². The number of ether oxygens (including phenoxy) is 1. The molecule has 6 heteroatoms. The third-order valence-corrected chi connectivity index (χ3v) is 5.15. The fourth-order valence-corrected chi connectivity index (χ4v) is 3.53. The van der Waals surface area contributed by atoms with E-state index in [1.165, 1.54) is 4.90 Å². The lowest BCUT2D eigenvalue weighted by atomic mass is 10.1. The van der Waals surface area contributed by atoms with Crippen LogP contribution in [-0.4, -0.2) is 31.2 Å². The maximum atomic E-state index is 13.2. The highest BCUT2D eigenvalue weighted by Crippen LogP contribution is 2.31. The minimum Gasteiger partial charge on any atom is -0.497 e. The van der Waals surface area contributed by atoms with Crippen molar-refractivity contribution in [3.8, 4) is 5.75 Å². The molecule has 31 heavy (non-hydrogen) atoms. The van der Waals surface area contributed by atoms with Gasteiger partial charge in [0.1, 0.15) is 18.0 Å². The molecule has 0 spiro atoms. The molecule has 0 unspecified atom stereocenters. The number of anilines is 2. The van der Waals surface area contributed by atoms with E-state index in [1.54, 1.807) is 31.4 Å². The van der Waals surface area contributed by atoms with Crippen LogP contribution in [0.15, 0.2) is 71.7 Å². The third kappa shape index (κ3) is 4.19. The van der Waals surface area contributed by atoms with Crippen LogP contribution in [0.5, 0.6) is 5.75 Å². The van der Waals surface area contributed by atoms with Gasteiger partial charge in [0.05, 0.1) is 18.5 Å². The van der Waals surface area contributed by atoms with Crippen LogP contribution >= 0.6 is 0 Å². The Labute approximate surface area is 181 Å². The Hall–Kier alpha value is -3.93. The average Bonchev–Trinajstić information content (AvgIpc) is 3.02. The first-order valence-electron chi connectivity index (χ1n) is 9.97. The summed E-state index contributed by atoms with van der Waals surface area (Å²) in [5.74, 6) is 0.0515. The Morgan fingerprint density at radius 3 is 2.65 bits per heavy atom. The standard InChI is InChI=1S/C25H23N3O3/c1-16-11-12-17(2)21(13-16)27-24-20-9-4-5-10-22(20)28(25(24)30)15-23(29)26-18-7-6-8-19(14-18)31-3/h4-14H,15H2,1-3H3,(H,26,29). The largest absolute Gasteiger partial charge is 0.497 e. The minimum atomic E-state index is -0.301. The number of hydrogen-bond donors (Lipinski definition) is 1. The molecule has 0 aromatic heterocycles. The van der Waals surface area contributed by atoms with Gasteiger partial charge in [-0.05, 0) is 49.2 Å². The summed E-state index contributed by atoms with van der Waals surface area (Å²) in [5.41, 5.74) is 5.16. The van der Waals surface area contributed by atoms with Gasteiger partial charge in [-0.15, -0.1) is 0 Å². The SMILES string of the molecule is COc1cccc(NC(=O)CN2C(=O)C(=Nc3cc(C)ccc3C)c3ccccc32)c1. The van der Waals surface area contributed by atoms with Gasteiger partial charge in [0, 0.05) is 17.3 Å². The first kappa shape index (κ1) is 20.3. The van der Waals surface area contributed by atoms with Crippen LogP contribution in [0.2, 0.25) is 0 Å². The quantitative estimate of drug-likeness (QED) is 0.673. The molecule has 1 aliphatic rings. The molecular formula is C25H23N3O3. The number of para-hydroxylation sites is 1. The molecule has 6 nitrogen and oxygen atoms in total. The number of carbonyl (C=O) groups is 2. The highest BCUT2D eigenvalue weighted by Gasteiger charge is 2.35.